The van der Waals surface area contributed by atoms with E-state index in [2.05, 4.69) is 4.98 Å². The van der Waals surface area contributed by atoms with Gasteiger partial charge < -0.3 is 14.4 Å². The van der Waals surface area contributed by atoms with Crippen LogP contribution >= 0.6 is 0 Å². The number of ether oxygens (including phenoxy) is 2. The minimum atomic E-state index is -4.48. The fraction of sp³-hybridized carbons (Fsp3) is 0.400. The van der Waals surface area contributed by atoms with Crippen LogP contribution in [0, 0.1) is 0 Å². The average molecular weight is 502 g/mol. The highest BCUT2D eigenvalue weighted by molar-refractivity contribution is 5.95. The summed E-state index contributed by atoms with van der Waals surface area (Å²) in [5.41, 5.74) is 1.32. The number of amides is 2. The number of aromatic nitrogens is 1. The molecule has 0 atom stereocenters. The molecule has 1 aromatic carbocycles. The maximum Gasteiger partial charge on any atom is 0.417 e. The van der Waals surface area contributed by atoms with Crippen LogP contribution in [-0.4, -0.2) is 79.1 Å². The van der Waals surface area contributed by atoms with Crippen LogP contribution in [0.2, 0.25) is 0 Å². The number of pyridine rings is 1. The van der Waals surface area contributed by atoms with Crippen LogP contribution in [0.4, 0.5) is 19.0 Å². The summed E-state index contributed by atoms with van der Waals surface area (Å²) in [6.45, 7) is 2.89. The van der Waals surface area contributed by atoms with Crippen molar-refractivity contribution >= 4 is 23.2 Å². The van der Waals surface area contributed by atoms with Crippen LogP contribution < -0.4 is 14.4 Å². The number of carbonyl (C=O) groups is 2. The Bertz CT molecular complexity index is 1180. The van der Waals surface area contributed by atoms with E-state index in [0.29, 0.717) is 39.3 Å². The molecule has 1 aromatic heterocycles. The number of hydrogen-bond acceptors (Lipinski definition) is 6. The van der Waals surface area contributed by atoms with Gasteiger partial charge >= 0.3 is 6.18 Å². The summed E-state index contributed by atoms with van der Waals surface area (Å²) in [7, 11) is 0. The second kappa shape index (κ2) is 9.81. The third-order valence-corrected chi connectivity index (χ3v) is 6.49. The van der Waals surface area contributed by atoms with Crippen LogP contribution in [0.25, 0.3) is 5.57 Å². The Morgan fingerprint density at radius 2 is 1.83 bits per heavy atom. The largest absolute Gasteiger partial charge is 0.486 e. The molecule has 190 valence electrons. The Hall–Kier alpha value is -3.60. The van der Waals surface area contributed by atoms with Crippen molar-refractivity contribution in [2.75, 3.05) is 57.4 Å². The molecular formula is C25H25F3N4O4. The molecule has 4 heterocycles. The van der Waals surface area contributed by atoms with Gasteiger partial charge in [0.1, 0.15) is 19.0 Å². The van der Waals surface area contributed by atoms with Gasteiger partial charge in [0.05, 0.1) is 18.7 Å². The molecule has 1 fully saturated rings. The van der Waals surface area contributed by atoms with Crippen molar-refractivity contribution in [3.8, 4) is 11.5 Å². The highest BCUT2D eigenvalue weighted by Crippen LogP contribution is 2.34. The first-order chi connectivity index (χ1) is 17.3. The number of halogens is 3. The van der Waals surface area contributed by atoms with Crippen molar-refractivity contribution in [1.29, 1.82) is 0 Å². The molecule has 36 heavy (non-hydrogen) atoms. The highest BCUT2D eigenvalue weighted by atomic mass is 19.4. The molecule has 0 spiro atoms. The summed E-state index contributed by atoms with van der Waals surface area (Å²) in [5, 5.41) is 0. The van der Waals surface area contributed by atoms with Crippen LogP contribution in [0.1, 0.15) is 17.5 Å². The van der Waals surface area contributed by atoms with Crippen molar-refractivity contribution in [2.45, 2.75) is 12.6 Å². The molecule has 3 aliphatic heterocycles. The summed E-state index contributed by atoms with van der Waals surface area (Å²) in [4.78, 5) is 34.2. The summed E-state index contributed by atoms with van der Waals surface area (Å²) in [5.74, 6) is 1.27. The first-order valence-electron chi connectivity index (χ1n) is 11.7. The van der Waals surface area contributed by atoms with E-state index in [1.807, 2.05) is 24.3 Å². The van der Waals surface area contributed by atoms with E-state index in [1.54, 1.807) is 9.80 Å². The lowest BCUT2D eigenvalue weighted by molar-refractivity contribution is -0.138. The first kappa shape index (κ1) is 24.1. The topological polar surface area (TPSA) is 75.2 Å². The Balaban J connectivity index is 1.14. The molecule has 8 nitrogen and oxygen atoms in total. The molecule has 5 rings (SSSR count). The molecule has 2 aromatic rings. The van der Waals surface area contributed by atoms with E-state index in [0.717, 1.165) is 34.9 Å². The monoisotopic (exact) mass is 502 g/mol. The predicted molar refractivity (Wildman–Crippen MR) is 125 cm³/mol. The zero-order valence-electron chi connectivity index (χ0n) is 19.5. The lowest BCUT2D eigenvalue weighted by atomic mass is 9.99. The maximum absolute atomic E-state index is 12.9. The zero-order chi connectivity index (χ0) is 25.3. The lowest BCUT2D eigenvalue weighted by Gasteiger charge is -2.35. The van der Waals surface area contributed by atoms with Crippen molar-refractivity contribution in [3.05, 3.63) is 53.7 Å². The number of hydrogen-bond donors (Lipinski definition) is 0. The molecule has 0 saturated carbocycles. The van der Waals surface area contributed by atoms with E-state index < -0.39 is 11.7 Å². The van der Waals surface area contributed by atoms with Crippen molar-refractivity contribution in [2.24, 2.45) is 0 Å². The number of rotatable bonds is 4. The molecule has 0 bridgehead atoms. The number of fused-ring (bicyclic) bond motifs is 1. The maximum atomic E-state index is 12.9. The standard InChI is InChI=1S/C25H25F3N4O4/c26-25(27,28)19-2-4-22(29-14-19)32-10-9-30(16-24(32)34)15-23(33)31-7-5-17(6-8-31)18-1-3-20-21(13-18)36-12-11-35-20/h1-5,13-14H,6-12,15-16H2. The van der Waals surface area contributed by atoms with Gasteiger partial charge in [0, 0.05) is 32.4 Å². The number of nitrogens with zero attached hydrogens (tertiary/aromatic N) is 4. The molecule has 11 heteroatoms. The Kier molecular flexibility index (Phi) is 6.57. The third-order valence-electron chi connectivity index (χ3n) is 6.49. The van der Waals surface area contributed by atoms with E-state index in [1.165, 1.54) is 11.0 Å². The van der Waals surface area contributed by atoms with Gasteiger partial charge in [-0.3, -0.25) is 19.4 Å². The number of alkyl halides is 3. The van der Waals surface area contributed by atoms with Gasteiger partial charge in [-0.15, -0.1) is 0 Å². The molecule has 0 N–H and O–H groups in total. The van der Waals surface area contributed by atoms with Crippen LogP contribution in [0.5, 0.6) is 11.5 Å². The van der Waals surface area contributed by atoms with Crippen LogP contribution in [-0.2, 0) is 15.8 Å². The summed E-state index contributed by atoms with van der Waals surface area (Å²) in [6, 6.07) is 7.97. The summed E-state index contributed by atoms with van der Waals surface area (Å²) in [6.07, 6.45) is -1.02. The van der Waals surface area contributed by atoms with Crippen molar-refractivity contribution in [1.82, 2.24) is 14.8 Å². The van der Waals surface area contributed by atoms with E-state index in [-0.39, 0.29) is 37.3 Å². The van der Waals surface area contributed by atoms with Crippen LogP contribution in [0.3, 0.4) is 0 Å². The smallest absolute Gasteiger partial charge is 0.417 e. The minimum Gasteiger partial charge on any atom is -0.486 e. The number of carbonyl (C=O) groups excluding carboxylic acids is 2. The predicted octanol–water partition coefficient (Wildman–Crippen LogP) is 2.84. The Morgan fingerprint density at radius 3 is 2.50 bits per heavy atom. The molecule has 3 aliphatic rings. The average Bonchev–Trinajstić information content (AvgIpc) is 2.88. The van der Waals surface area contributed by atoms with Gasteiger partial charge in [-0.05, 0) is 41.8 Å². The van der Waals surface area contributed by atoms with E-state index in [4.69, 9.17) is 9.47 Å². The molecular weight excluding hydrogens is 477 g/mol. The Labute approximate surface area is 205 Å². The molecule has 0 aliphatic carbocycles. The van der Waals surface area contributed by atoms with Crippen LogP contribution in [0.15, 0.2) is 42.6 Å². The van der Waals surface area contributed by atoms with Gasteiger partial charge in [0.15, 0.2) is 11.5 Å². The number of benzene rings is 1. The molecule has 2 amide bonds. The number of piperazine rings is 1. The fourth-order valence-corrected chi connectivity index (χ4v) is 4.50. The number of anilines is 1. The molecule has 0 radical (unpaired) electrons. The van der Waals surface area contributed by atoms with Crippen molar-refractivity contribution in [3.63, 3.8) is 0 Å². The summed E-state index contributed by atoms with van der Waals surface area (Å²) < 4.78 is 49.5. The van der Waals surface area contributed by atoms with E-state index in [9.17, 15) is 22.8 Å². The SMILES string of the molecule is O=C(CN1CCN(c2ccc(C(F)(F)F)cn2)C(=O)C1)N1CC=C(c2ccc3c(c2)OCCO3)CC1. The normalized spacial score (nSPS) is 18.8. The minimum absolute atomic E-state index is 0.000564. The Morgan fingerprint density at radius 1 is 1.03 bits per heavy atom. The second-order valence-electron chi connectivity index (χ2n) is 8.84. The highest BCUT2D eigenvalue weighted by Gasteiger charge is 2.32. The van der Waals surface area contributed by atoms with Gasteiger partial charge in [0.25, 0.3) is 0 Å². The molecule has 1 saturated heterocycles. The van der Waals surface area contributed by atoms with Gasteiger partial charge in [-0.2, -0.15) is 13.2 Å². The van der Waals surface area contributed by atoms with Gasteiger partial charge in [-0.1, -0.05) is 12.1 Å². The first-order valence-corrected chi connectivity index (χ1v) is 11.7. The van der Waals surface area contributed by atoms with Crippen molar-refractivity contribution < 1.29 is 32.2 Å². The van der Waals surface area contributed by atoms with Gasteiger partial charge in [0.2, 0.25) is 11.8 Å². The zero-order valence-corrected chi connectivity index (χ0v) is 19.5. The van der Waals surface area contributed by atoms with E-state index >= 15 is 0 Å². The fourth-order valence-electron chi connectivity index (χ4n) is 4.50. The summed E-state index contributed by atoms with van der Waals surface area (Å²) >= 11 is 0. The molecule has 0 unspecified atom stereocenters. The third kappa shape index (κ3) is 5.15. The quantitative estimate of drug-likeness (QED) is 0.640. The van der Waals surface area contributed by atoms with Gasteiger partial charge in [-0.25, -0.2) is 4.98 Å². The second-order valence-corrected chi connectivity index (χ2v) is 8.84. The lowest BCUT2D eigenvalue weighted by Crippen LogP contribution is -2.53.